The summed E-state index contributed by atoms with van der Waals surface area (Å²) in [6, 6.07) is 7.44. The van der Waals surface area contributed by atoms with E-state index >= 15 is 0 Å². The lowest BCUT2D eigenvalue weighted by Gasteiger charge is -1.98. The molecular formula is C11H8N2. The van der Waals surface area contributed by atoms with Crippen LogP contribution in [0.3, 0.4) is 0 Å². The fourth-order valence-corrected chi connectivity index (χ4v) is 1.04. The zero-order chi connectivity index (χ0) is 9.68. The topological polar surface area (TPSA) is 28.1 Å². The third kappa shape index (κ3) is 2.18. The number of benzene rings is 1. The Balaban J connectivity index is 3.19. The van der Waals surface area contributed by atoms with Crippen LogP contribution in [0.15, 0.2) is 24.3 Å². The van der Waals surface area contributed by atoms with Crippen LogP contribution in [-0.4, -0.2) is 0 Å². The van der Waals surface area contributed by atoms with Gasteiger partial charge in [-0.15, -0.1) is 0 Å². The zero-order valence-electron chi connectivity index (χ0n) is 7.28. The number of hydrogen-bond acceptors (Lipinski definition) is 1. The highest BCUT2D eigenvalue weighted by atomic mass is 14.6. The second-order valence-electron chi connectivity index (χ2n) is 2.64. The quantitative estimate of drug-likeness (QED) is 0.467. The first kappa shape index (κ1) is 9.03. The van der Waals surface area contributed by atoms with E-state index in [2.05, 4.69) is 4.85 Å². The van der Waals surface area contributed by atoms with Gasteiger partial charge in [0.15, 0.2) is 5.69 Å². The van der Waals surface area contributed by atoms with Crippen LogP contribution in [0.1, 0.15) is 11.1 Å². The summed E-state index contributed by atoms with van der Waals surface area (Å²) in [4.78, 5) is 3.35. The molecule has 13 heavy (non-hydrogen) atoms. The largest absolute Gasteiger partial charge is 0.238 e. The molecule has 1 aromatic rings. The van der Waals surface area contributed by atoms with Gasteiger partial charge in [0.2, 0.25) is 0 Å². The molecule has 0 aliphatic heterocycles. The van der Waals surface area contributed by atoms with Gasteiger partial charge in [-0.2, -0.15) is 5.26 Å². The maximum Gasteiger partial charge on any atom is 0.194 e. The third-order valence-corrected chi connectivity index (χ3v) is 1.64. The second-order valence-corrected chi connectivity index (χ2v) is 2.64. The van der Waals surface area contributed by atoms with Gasteiger partial charge < -0.3 is 0 Å². The Morgan fingerprint density at radius 3 is 2.92 bits per heavy atom. The van der Waals surface area contributed by atoms with Crippen LogP contribution in [0.5, 0.6) is 0 Å². The Morgan fingerprint density at radius 2 is 2.31 bits per heavy atom. The predicted octanol–water partition coefficient (Wildman–Crippen LogP) is 3.08. The summed E-state index contributed by atoms with van der Waals surface area (Å²) >= 11 is 0. The fraction of sp³-hybridized carbons (Fsp3) is 0.0909. The average molecular weight is 168 g/mol. The maximum atomic E-state index is 8.35. The number of aryl methyl sites for hydroxylation is 1. The summed E-state index contributed by atoms with van der Waals surface area (Å²) in [6.45, 7) is 8.85. The van der Waals surface area contributed by atoms with Crippen LogP contribution in [-0.2, 0) is 0 Å². The second kappa shape index (κ2) is 4.09. The normalized spacial score (nSPS) is 9.46. The molecule has 0 N–H and O–H groups in total. The highest BCUT2D eigenvalue weighted by molar-refractivity contribution is 5.68. The van der Waals surface area contributed by atoms with E-state index in [1.165, 1.54) is 6.08 Å². The van der Waals surface area contributed by atoms with Crippen LogP contribution in [0.2, 0.25) is 0 Å². The number of hydrogen-bond donors (Lipinski definition) is 0. The molecule has 0 heterocycles. The Bertz CT molecular complexity index is 417. The molecule has 0 aliphatic carbocycles. The van der Waals surface area contributed by atoms with Crippen molar-refractivity contribution in [2.45, 2.75) is 6.92 Å². The van der Waals surface area contributed by atoms with E-state index in [0.717, 1.165) is 11.1 Å². The van der Waals surface area contributed by atoms with E-state index < -0.39 is 0 Å². The number of nitriles is 1. The lowest BCUT2D eigenvalue weighted by atomic mass is 10.1. The molecule has 0 fully saturated rings. The molecule has 62 valence electrons. The lowest BCUT2D eigenvalue weighted by molar-refractivity contribution is 1.46. The third-order valence-electron chi connectivity index (χ3n) is 1.64. The molecule has 0 spiro atoms. The van der Waals surface area contributed by atoms with Crippen LogP contribution in [0.25, 0.3) is 10.9 Å². The van der Waals surface area contributed by atoms with E-state index in [1.54, 1.807) is 12.1 Å². The van der Waals surface area contributed by atoms with Crippen LogP contribution in [0, 0.1) is 24.8 Å². The maximum absolute atomic E-state index is 8.35. The molecule has 2 nitrogen and oxygen atoms in total. The molecule has 0 bridgehead atoms. The van der Waals surface area contributed by atoms with Crippen LogP contribution in [0.4, 0.5) is 5.69 Å². The molecule has 2 heteroatoms. The van der Waals surface area contributed by atoms with Crippen molar-refractivity contribution in [1.82, 2.24) is 0 Å². The van der Waals surface area contributed by atoms with Crippen molar-refractivity contribution in [3.8, 4) is 6.07 Å². The molecule has 1 aromatic carbocycles. The number of rotatable bonds is 1. The van der Waals surface area contributed by atoms with Gasteiger partial charge in [0.1, 0.15) is 0 Å². The van der Waals surface area contributed by atoms with Crippen molar-refractivity contribution in [3.63, 3.8) is 0 Å². The minimum Gasteiger partial charge on any atom is -0.238 e. The molecule has 0 saturated heterocycles. The summed E-state index contributed by atoms with van der Waals surface area (Å²) < 4.78 is 0. The van der Waals surface area contributed by atoms with Gasteiger partial charge in [0, 0.05) is 6.08 Å². The van der Waals surface area contributed by atoms with Gasteiger partial charge >= 0.3 is 0 Å². The smallest absolute Gasteiger partial charge is 0.194 e. The average Bonchev–Trinajstić information content (AvgIpc) is 2.15. The van der Waals surface area contributed by atoms with E-state index in [-0.39, 0.29) is 0 Å². The van der Waals surface area contributed by atoms with Crippen molar-refractivity contribution in [2.75, 3.05) is 0 Å². The van der Waals surface area contributed by atoms with E-state index in [0.29, 0.717) is 5.69 Å². The molecule has 0 saturated carbocycles. The van der Waals surface area contributed by atoms with Gasteiger partial charge in [0.25, 0.3) is 0 Å². The van der Waals surface area contributed by atoms with Gasteiger partial charge in [-0.25, -0.2) is 4.85 Å². The predicted molar refractivity (Wildman–Crippen MR) is 52.1 cm³/mol. The van der Waals surface area contributed by atoms with Crippen molar-refractivity contribution in [1.29, 1.82) is 5.26 Å². The van der Waals surface area contributed by atoms with Gasteiger partial charge in [0.05, 0.1) is 12.6 Å². The Labute approximate surface area is 77.6 Å². The van der Waals surface area contributed by atoms with Crippen LogP contribution >= 0.6 is 0 Å². The standard InChI is InChI=1S/C11H8N2/c1-9-5-6-11(13-2)10(8-9)4-3-7-12/h3-6,8H,1H3. The first-order chi connectivity index (χ1) is 6.27. The molecule has 1 rings (SSSR count). The van der Waals surface area contributed by atoms with E-state index in [4.69, 9.17) is 11.8 Å². The lowest BCUT2D eigenvalue weighted by Crippen LogP contribution is -1.75. The van der Waals surface area contributed by atoms with Gasteiger partial charge in [-0.3, -0.25) is 0 Å². The summed E-state index contributed by atoms with van der Waals surface area (Å²) in [5.41, 5.74) is 2.47. The van der Waals surface area contributed by atoms with Crippen LogP contribution < -0.4 is 0 Å². The van der Waals surface area contributed by atoms with Crippen molar-refractivity contribution in [3.05, 3.63) is 46.8 Å². The molecule has 0 unspecified atom stereocenters. The summed E-state index contributed by atoms with van der Waals surface area (Å²) in [7, 11) is 0. The Kier molecular flexibility index (Phi) is 2.84. The van der Waals surface area contributed by atoms with Crippen molar-refractivity contribution >= 4 is 11.8 Å². The Morgan fingerprint density at radius 1 is 1.54 bits per heavy atom. The minimum atomic E-state index is 0.581. The van der Waals surface area contributed by atoms with E-state index in [9.17, 15) is 0 Å². The SMILES string of the molecule is [C-]#[N+]c1ccc(C)cc1C=CC#N. The first-order valence-electron chi connectivity index (χ1n) is 3.82. The highest BCUT2D eigenvalue weighted by Gasteiger charge is 1.97. The number of nitrogens with zero attached hydrogens (tertiary/aromatic N) is 2. The molecule has 0 radical (unpaired) electrons. The molecule has 0 aliphatic rings. The summed E-state index contributed by atoms with van der Waals surface area (Å²) in [6.07, 6.45) is 3.03. The van der Waals surface area contributed by atoms with Crippen molar-refractivity contribution < 1.29 is 0 Å². The fourth-order valence-electron chi connectivity index (χ4n) is 1.04. The summed E-state index contributed by atoms with van der Waals surface area (Å²) in [5, 5.41) is 8.35. The number of allylic oxidation sites excluding steroid dienone is 1. The van der Waals surface area contributed by atoms with Crippen molar-refractivity contribution in [2.24, 2.45) is 0 Å². The summed E-state index contributed by atoms with van der Waals surface area (Å²) in [5.74, 6) is 0. The molecule has 0 atom stereocenters. The molecular weight excluding hydrogens is 160 g/mol. The monoisotopic (exact) mass is 168 g/mol. The molecule has 0 amide bonds. The highest BCUT2D eigenvalue weighted by Crippen LogP contribution is 2.21. The van der Waals surface area contributed by atoms with Gasteiger partial charge in [-0.1, -0.05) is 29.8 Å². The molecule has 0 aromatic heterocycles. The minimum absolute atomic E-state index is 0.581. The van der Waals surface area contributed by atoms with E-state index in [1.807, 2.05) is 25.1 Å². The Hall–Kier alpha value is -2.06. The first-order valence-corrected chi connectivity index (χ1v) is 3.82. The zero-order valence-corrected chi connectivity index (χ0v) is 7.28. The van der Waals surface area contributed by atoms with Gasteiger partial charge in [-0.05, 0) is 12.5 Å².